The summed E-state index contributed by atoms with van der Waals surface area (Å²) in [5.41, 5.74) is 4.46. The fourth-order valence-electron chi connectivity index (χ4n) is 1.08. The molecule has 0 spiro atoms. The predicted octanol–water partition coefficient (Wildman–Crippen LogP) is 1.28. The molecule has 2 rings (SSSR count). The van der Waals surface area contributed by atoms with Gasteiger partial charge in [0, 0.05) is 5.56 Å². The normalized spacial score (nSPS) is 20.7. The summed E-state index contributed by atoms with van der Waals surface area (Å²) >= 11 is 4.10. The summed E-state index contributed by atoms with van der Waals surface area (Å²) in [5, 5.41) is 4.12. The van der Waals surface area contributed by atoms with E-state index in [1.807, 2.05) is 30.3 Å². The van der Waals surface area contributed by atoms with Gasteiger partial charge >= 0.3 is 0 Å². The monoisotopic (exact) mass is 191 g/mol. The Morgan fingerprint density at radius 2 is 2.00 bits per heavy atom. The highest BCUT2D eigenvalue weighted by atomic mass is 32.1. The minimum atomic E-state index is -0.215. The van der Waals surface area contributed by atoms with Gasteiger partial charge in [-0.1, -0.05) is 30.3 Å². The molecule has 0 radical (unpaired) electrons. The van der Waals surface area contributed by atoms with E-state index in [1.54, 1.807) is 6.21 Å². The van der Waals surface area contributed by atoms with Crippen molar-refractivity contribution in [2.75, 3.05) is 0 Å². The summed E-state index contributed by atoms with van der Waals surface area (Å²) < 4.78 is 0. The summed E-state index contributed by atoms with van der Waals surface area (Å²) in [5.74, 6) is 0. The molecule has 4 heteroatoms. The molecular formula is C9H9N3S. The molecule has 1 aliphatic rings. The number of thiol groups is 1. The van der Waals surface area contributed by atoms with Crippen LogP contribution in [0.25, 0.3) is 0 Å². The van der Waals surface area contributed by atoms with E-state index >= 15 is 0 Å². The molecule has 0 aromatic heterocycles. The van der Waals surface area contributed by atoms with E-state index in [-0.39, 0.29) is 5.50 Å². The topological polar surface area (TPSA) is 36.8 Å². The van der Waals surface area contributed by atoms with E-state index in [9.17, 15) is 0 Å². The standard InChI is InChI=1S/C9H9N3S/c13-9-10-6-8(11-12-9)7-4-2-1-3-5-7/h1-6,9,12-13H. The molecule has 3 nitrogen and oxygen atoms in total. The molecule has 66 valence electrons. The van der Waals surface area contributed by atoms with E-state index in [0.29, 0.717) is 0 Å². The van der Waals surface area contributed by atoms with E-state index in [0.717, 1.165) is 11.3 Å². The minimum absolute atomic E-state index is 0.215. The highest BCUT2D eigenvalue weighted by Gasteiger charge is 2.06. The number of benzene rings is 1. The highest BCUT2D eigenvalue weighted by molar-refractivity contribution is 7.80. The molecule has 1 aliphatic heterocycles. The van der Waals surface area contributed by atoms with Gasteiger partial charge in [-0.2, -0.15) is 5.10 Å². The highest BCUT2D eigenvalue weighted by Crippen LogP contribution is 2.03. The molecule has 0 saturated carbocycles. The first-order chi connectivity index (χ1) is 6.36. The molecule has 0 aliphatic carbocycles. The van der Waals surface area contributed by atoms with Crippen molar-refractivity contribution in [1.82, 2.24) is 5.43 Å². The van der Waals surface area contributed by atoms with Crippen molar-refractivity contribution in [3.05, 3.63) is 35.9 Å². The van der Waals surface area contributed by atoms with Crippen molar-refractivity contribution in [3.63, 3.8) is 0 Å². The summed E-state index contributed by atoms with van der Waals surface area (Å²) in [7, 11) is 0. The zero-order valence-corrected chi connectivity index (χ0v) is 7.78. The number of hydrogen-bond donors (Lipinski definition) is 2. The molecule has 1 unspecified atom stereocenters. The van der Waals surface area contributed by atoms with Crippen LogP contribution < -0.4 is 5.43 Å². The largest absolute Gasteiger partial charge is 0.276 e. The van der Waals surface area contributed by atoms with Gasteiger partial charge in [0.1, 0.15) is 5.71 Å². The second-order valence-electron chi connectivity index (χ2n) is 2.64. The van der Waals surface area contributed by atoms with Gasteiger partial charge in [-0.25, -0.2) is 0 Å². The Labute approximate surface area is 82.0 Å². The molecule has 1 aromatic rings. The van der Waals surface area contributed by atoms with Crippen LogP contribution in [0.4, 0.5) is 0 Å². The number of nitrogens with zero attached hydrogens (tertiary/aromatic N) is 2. The first kappa shape index (κ1) is 8.31. The van der Waals surface area contributed by atoms with Gasteiger partial charge in [0.25, 0.3) is 0 Å². The van der Waals surface area contributed by atoms with Crippen molar-refractivity contribution < 1.29 is 0 Å². The third kappa shape index (κ3) is 1.89. The quantitative estimate of drug-likeness (QED) is 0.645. The summed E-state index contributed by atoms with van der Waals surface area (Å²) in [6.07, 6.45) is 1.73. The van der Waals surface area contributed by atoms with Gasteiger partial charge in [-0.3, -0.25) is 10.4 Å². The molecule has 0 bridgehead atoms. The molecule has 1 aromatic carbocycles. The second kappa shape index (κ2) is 3.62. The number of aliphatic imine (C=N–C) groups is 1. The maximum atomic E-state index is 4.12. The summed E-state index contributed by atoms with van der Waals surface area (Å²) in [4.78, 5) is 4.08. The predicted molar refractivity (Wildman–Crippen MR) is 57.4 cm³/mol. The number of rotatable bonds is 1. The molecule has 0 amide bonds. The van der Waals surface area contributed by atoms with Crippen LogP contribution in [0.5, 0.6) is 0 Å². The Hall–Kier alpha value is -1.29. The first-order valence-corrected chi connectivity index (χ1v) is 4.48. The average molecular weight is 191 g/mol. The van der Waals surface area contributed by atoms with Crippen molar-refractivity contribution in [1.29, 1.82) is 0 Å². The van der Waals surface area contributed by atoms with Crippen LogP contribution in [-0.2, 0) is 0 Å². The van der Waals surface area contributed by atoms with Crippen LogP contribution in [0.15, 0.2) is 40.4 Å². The summed E-state index contributed by atoms with van der Waals surface area (Å²) in [6.45, 7) is 0. The average Bonchev–Trinajstić information content (AvgIpc) is 2.20. The lowest BCUT2D eigenvalue weighted by Crippen LogP contribution is -2.24. The molecule has 1 heterocycles. The molecule has 1 N–H and O–H groups in total. The molecule has 13 heavy (non-hydrogen) atoms. The summed E-state index contributed by atoms with van der Waals surface area (Å²) in [6, 6.07) is 9.90. The van der Waals surface area contributed by atoms with Crippen molar-refractivity contribution in [2.24, 2.45) is 10.1 Å². The Bertz CT molecular complexity index is 345. The number of hydrogen-bond acceptors (Lipinski definition) is 4. The van der Waals surface area contributed by atoms with Crippen LogP contribution >= 0.6 is 12.6 Å². The fraction of sp³-hybridized carbons (Fsp3) is 0.111. The van der Waals surface area contributed by atoms with Crippen LogP contribution in [-0.4, -0.2) is 17.4 Å². The van der Waals surface area contributed by atoms with Crippen LogP contribution in [0.2, 0.25) is 0 Å². The van der Waals surface area contributed by atoms with Gasteiger partial charge in [-0.05, 0) is 0 Å². The fourth-order valence-corrected chi connectivity index (χ4v) is 1.20. The SMILES string of the molecule is SC1N=CC(c2ccccc2)=NN1. The zero-order chi connectivity index (χ0) is 9.10. The third-order valence-corrected chi connectivity index (χ3v) is 1.96. The third-order valence-electron chi connectivity index (χ3n) is 1.71. The molecule has 0 fully saturated rings. The van der Waals surface area contributed by atoms with Gasteiger partial charge in [0.15, 0.2) is 5.50 Å². The lowest BCUT2D eigenvalue weighted by Gasteiger charge is -2.11. The lowest BCUT2D eigenvalue weighted by atomic mass is 10.1. The van der Waals surface area contributed by atoms with Gasteiger partial charge in [-0.15, -0.1) is 12.6 Å². The smallest absolute Gasteiger partial charge is 0.178 e. The molecular weight excluding hydrogens is 182 g/mol. The molecule has 0 saturated heterocycles. The number of nitrogens with one attached hydrogen (secondary N) is 1. The van der Waals surface area contributed by atoms with Crippen LogP contribution in [0.1, 0.15) is 5.56 Å². The number of hydrazone groups is 1. The van der Waals surface area contributed by atoms with E-state index < -0.39 is 0 Å². The lowest BCUT2D eigenvalue weighted by molar-refractivity contribution is 0.714. The van der Waals surface area contributed by atoms with E-state index in [1.165, 1.54) is 0 Å². The second-order valence-corrected chi connectivity index (χ2v) is 3.13. The van der Waals surface area contributed by atoms with Gasteiger partial charge in [0.05, 0.1) is 6.21 Å². The zero-order valence-electron chi connectivity index (χ0n) is 6.88. The Kier molecular flexibility index (Phi) is 2.31. The van der Waals surface area contributed by atoms with E-state index in [4.69, 9.17) is 0 Å². The maximum Gasteiger partial charge on any atom is 0.178 e. The van der Waals surface area contributed by atoms with Crippen LogP contribution in [0, 0.1) is 0 Å². The van der Waals surface area contributed by atoms with Gasteiger partial charge < -0.3 is 0 Å². The maximum absolute atomic E-state index is 4.12. The Morgan fingerprint density at radius 1 is 1.23 bits per heavy atom. The van der Waals surface area contributed by atoms with Gasteiger partial charge in [0.2, 0.25) is 0 Å². The van der Waals surface area contributed by atoms with Crippen molar-refractivity contribution in [3.8, 4) is 0 Å². The van der Waals surface area contributed by atoms with Crippen LogP contribution in [0.3, 0.4) is 0 Å². The van der Waals surface area contributed by atoms with E-state index in [2.05, 4.69) is 28.1 Å². The minimum Gasteiger partial charge on any atom is -0.276 e. The molecule has 1 atom stereocenters. The van der Waals surface area contributed by atoms with Crippen molar-refractivity contribution in [2.45, 2.75) is 5.50 Å². The first-order valence-electron chi connectivity index (χ1n) is 3.96. The van der Waals surface area contributed by atoms with Crippen molar-refractivity contribution >= 4 is 24.6 Å². The Morgan fingerprint density at radius 3 is 2.62 bits per heavy atom. The Balaban J connectivity index is 2.25.